The molecule has 1 heterocycles. The van der Waals surface area contributed by atoms with E-state index in [1.54, 1.807) is 5.01 Å². The van der Waals surface area contributed by atoms with Crippen LogP contribution in [-0.2, 0) is 20.8 Å². The van der Waals surface area contributed by atoms with Crippen LogP contribution in [0.4, 0.5) is 0 Å². The van der Waals surface area contributed by atoms with Gasteiger partial charge in [0.05, 0.1) is 13.0 Å². The van der Waals surface area contributed by atoms with Gasteiger partial charge in [-0.05, 0) is 25.3 Å². The number of halogens is 1. The molecule has 160 valence electrons. The van der Waals surface area contributed by atoms with Crippen LogP contribution >= 0.6 is 12.4 Å². The predicted molar refractivity (Wildman–Crippen MR) is 113 cm³/mol. The number of nitrogens with zero attached hydrogens (tertiary/aromatic N) is 1. The fraction of sp³-hybridized carbons (Fsp3) is 0.421. The number of hydrazine groups is 1. The summed E-state index contributed by atoms with van der Waals surface area (Å²) in [5.74, 6) is -0.707. The summed E-state index contributed by atoms with van der Waals surface area (Å²) in [6.07, 6.45) is 1.58. The minimum absolute atomic E-state index is 0. The van der Waals surface area contributed by atoms with Gasteiger partial charge in [-0.2, -0.15) is 0 Å². The third-order valence-electron chi connectivity index (χ3n) is 4.33. The lowest BCUT2D eigenvalue weighted by molar-refractivity contribution is -0.132. The number of hydrogen-bond donors (Lipinski definition) is 5. The molecule has 2 rings (SSSR count). The number of benzene rings is 1. The van der Waals surface area contributed by atoms with Crippen molar-refractivity contribution in [2.24, 2.45) is 5.73 Å². The molecule has 9 nitrogen and oxygen atoms in total. The summed E-state index contributed by atoms with van der Waals surface area (Å²) in [4.78, 5) is 29.7. The summed E-state index contributed by atoms with van der Waals surface area (Å²) in [5, 5.41) is 11.2. The Balaban J connectivity index is 0.00000420. The average molecular weight is 425 g/mol. The second-order valence-electron chi connectivity index (χ2n) is 6.50. The smallest absolute Gasteiger partial charge is 0.264 e. The topological polar surface area (TPSA) is 133 Å². The lowest BCUT2D eigenvalue weighted by Crippen LogP contribution is -2.48. The Morgan fingerprint density at radius 3 is 2.69 bits per heavy atom. The second-order valence-corrected chi connectivity index (χ2v) is 6.50. The summed E-state index contributed by atoms with van der Waals surface area (Å²) in [7, 11) is 0. The highest BCUT2D eigenvalue weighted by atomic mass is 35.5. The summed E-state index contributed by atoms with van der Waals surface area (Å²) in [6.45, 7) is 3.54. The highest BCUT2D eigenvalue weighted by molar-refractivity contribution is 5.99. The molecule has 1 aromatic carbocycles. The standard InChI is InChI=1S/C19H28N6O3.ClH/c1-14-8-11-25(23-9-7-15-5-3-2-4-6-15)18(27)16(14)13-17(26)22-10-12-28-24-19(20)21;/h2-6,23H,7-13H2,1H3,(H,22,26)(H4,20,21,24);1H. The third kappa shape index (κ3) is 8.51. The molecule has 2 amide bonds. The second kappa shape index (κ2) is 12.8. The van der Waals surface area contributed by atoms with Crippen molar-refractivity contribution in [3.63, 3.8) is 0 Å². The molecule has 10 heteroatoms. The van der Waals surface area contributed by atoms with Gasteiger partial charge >= 0.3 is 0 Å². The quantitative estimate of drug-likeness (QED) is 0.162. The largest absolute Gasteiger partial charge is 0.368 e. The number of guanidine groups is 1. The van der Waals surface area contributed by atoms with E-state index in [0.717, 1.165) is 18.4 Å². The van der Waals surface area contributed by atoms with Gasteiger partial charge in [-0.1, -0.05) is 35.9 Å². The molecule has 0 atom stereocenters. The molecule has 0 saturated carbocycles. The first-order valence-corrected chi connectivity index (χ1v) is 9.24. The Labute approximate surface area is 176 Å². The van der Waals surface area contributed by atoms with Crippen molar-refractivity contribution in [1.82, 2.24) is 21.2 Å². The van der Waals surface area contributed by atoms with E-state index in [2.05, 4.69) is 28.4 Å². The predicted octanol–water partition coefficient (Wildman–Crippen LogP) is 0.625. The highest BCUT2D eigenvalue weighted by Gasteiger charge is 2.26. The van der Waals surface area contributed by atoms with Gasteiger partial charge in [0.15, 0.2) is 0 Å². The molecular formula is C19H29ClN6O3. The monoisotopic (exact) mass is 424 g/mol. The third-order valence-corrected chi connectivity index (χ3v) is 4.33. The number of nitrogens with two attached hydrogens (primary N) is 1. The van der Waals surface area contributed by atoms with Crippen LogP contribution in [0.2, 0.25) is 0 Å². The van der Waals surface area contributed by atoms with E-state index in [1.807, 2.05) is 25.1 Å². The summed E-state index contributed by atoms with van der Waals surface area (Å²) < 4.78 is 0. The van der Waals surface area contributed by atoms with E-state index in [-0.39, 0.29) is 49.8 Å². The maximum Gasteiger partial charge on any atom is 0.264 e. The minimum atomic E-state index is -0.306. The normalized spacial score (nSPS) is 13.7. The minimum Gasteiger partial charge on any atom is -0.368 e. The number of rotatable bonds is 10. The number of amides is 2. The molecule has 0 saturated heterocycles. The number of nitrogens with one attached hydrogen (secondary N) is 4. The van der Waals surface area contributed by atoms with Crippen molar-refractivity contribution in [2.75, 3.05) is 26.2 Å². The fourth-order valence-corrected chi connectivity index (χ4v) is 2.83. The lowest BCUT2D eigenvalue weighted by atomic mass is 9.98. The molecule has 0 radical (unpaired) electrons. The number of hydroxylamine groups is 1. The van der Waals surface area contributed by atoms with Crippen molar-refractivity contribution in [3.05, 3.63) is 47.0 Å². The SMILES string of the molecule is CC1=C(CC(=O)NCCONC(=N)N)C(=O)N(NCCc2ccccc2)CC1.Cl. The van der Waals surface area contributed by atoms with Gasteiger partial charge in [0, 0.05) is 25.2 Å². The molecule has 0 aromatic heterocycles. The summed E-state index contributed by atoms with van der Waals surface area (Å²) in [6, 6.07) is 10.1. The Morgan fingerprint density at radius 2 is 2.00 bits per heavy atom. The van der Waals surface area contributed by atoms with E-state index in [9.17, 15) is 9.59 Å². The molecule has 0 unspecified atom stereocenters. The van der Waals surface area contributed by atoms with E-state index in [4.69, 9.17) is 16.0 Å². The van der Waals surface area contributed by atoms with E-state index in [1.165, 1.54) is 5.56 Å². The first-order valence-electron chi connectivity index (χ1n) is 9.24. The van der Waals surface area contributed by atoms with Crippen molar-refractivity contribution in [3.8, 4) is 0 Å². The van der Waals surface area contributed by atoms with Crippen molar-refractivity contribution >= 4 is 30.2 Å². The fourth-order valence-electron chi connectivity index (χ4n) is 2.83. The molecule has 29 heavy (non-hydrogen) atoms. The van der Waals surface area contributed by atoms with Crippen LogP contribution in [0.15, 0.2) is 41.5 Å². The van der Waals surface area contributed by atoms with Crippen LogP contribution in [0.5, 0.6) is 0 Å². The summed E-state index contributed by atoms with van der Waals surface area (Å²) >= 11 is 0. The molecule has 1 aliphatic heterocycles. The van der Waals surface area contributed by atoms with Gasteiger partial charge in [-0.3, -0.25) is 24.8 Å². The zero-order valence-corrected chi connectivity index (χ0v) is 17.3. The number of carbonyl (C=O) groups is 2. The van der Waals surface area contributed by atoms with E-state index >= 15 is 0 Å². The molecule has 1 aliphatic rings. The van der Waals surface area contributed by atoms with Crippen LogP contribution < -0.4 is 22.0 Å². The Kier molecular flexibility index (Phi) is 10.7. The van der Waals surface area contributed by atoms with Gasteiger partial charge in [0.1, 0.15) is 0 Å². The van der Waals surface area contributed by atoms with Crippen LogP contribution in [0.1, 0.15) is 25.3 Å². The molecule has 6 N–H and O–H groups in total. The maximum atomic E-state index is 12.7. The molecule has 0 spiro atoms. The lowest BCUT2D eigenvalue weighted by Gasteiger charge is -2.30. The Hall–Kier alpha value is -2.62. The zero-order valence-electron chi connectivity index (χ0n) is 16.5. The average Bonchev–Trinajstić information content (AvgIpc) is 2.67. The van der Waals surface area contributed by atoms with Crippen molar-refractivity contribution in [1.29, 1.82) is 5.41 Å². The van der Waals surface area contributed by atoms with Crippen molar-refractivity contribution in [2.45, 2.75) is 26.2 Å². The molecule has 0 aliphatic carbocycles. The molecular weight excluding hydrogens is 396 g/mol. The van der Waals surface area contributed by atoms with Gasteiger partial charge in [0.2, 0.25) is 11.9 Å². The van der Waals surface area contributed by atoms with E-state index < -0.39 is 0 Å². The van der Waals surface area contributed by atoms with Crippen LogP contribution in [-0.4, -0.2) is 49.0 Å². The summed E-state index contributed by atoms with van der Waals surface area (Å²) in [5.41, 5.74) is 13.1. The first kappa shape index (κ1) is 24.4. The van der Waals surface area contributed by atoms with Crippen LogP contribution in [0.25, 0.3) is 0 Å². The van der Waals surface area contributed by atoms with Gasteiger partial charge in [-0.15, -0.1) is 12.4 Å². The van der Waals surface area contributed by atoms with E-state index in [0.29, 0.717) is 18.7 Å². The molecule has 1 aromatic rings. The number of carbonyl (C=O) groups excluding carboxylic acids is 2. The van der Waals surface area contributed by atoms with Crippen LogP contribution in [0.3, 0.4) is 0 Å². The Bertz CT molecular complexity index is 726. The first-order chi connectivity index (χ1) is 13.5. The van der Waals surface area contributed by atoms with Gasteiger partial charge < -0.3 is 11.1 Å². The number of hydrogen-bond acceptors (Lipinski definition) is 5. The zero-order chi connectivity index (χ0) is 20.4. The van der Waals surface area contributed by atoms with Gasteiger partial charge in [0.25, 0.3) is 5.91 Å². The van der Waals surface area contributed by atoms with Crippen LogP contribution in [0, 0.1) is 5.41 Å². The molecule has 0 bridgehead atoms. The van der Waals surface area contributed by atoms with Gasteiger partial charge in [-0.25, -0.2) is 10.9 Å². The van der Waals surface area contributed by atoms with Crippen molar-refractivity contribution < 1.29 is 14.4 Å². The molecule has 0 fully saturated rings. The highest BCUT2D eigenvalue weighted by Crippen LogP contribution is 2.20. The maximum absolute atomic E-state index is 12.7. The Morgan fingerprint density at radius 1 is 1.28 bits per heavy atom.